The van der Waals surface area contributed by atoms with Crippen molar-refractivity contribution in [1.82, 2.24) is 35.9 Å². The van der Waals surface area contributed by atoms with Gasteiger partial charge in [0.2, 0.25) is 39.5 Å². The lowest BCUT2D eigenvalue weighted by Gasteiger charge is -2.29. The number of urea groups is 1. The number of nitrogens with zero attached hydrogens (tertiary/aromatic N) is 2. The zero-order valence-electron chi connectivity index (χ0n) is 47.0. The molecule has 2 aromatic rings. The van der Waals surface area contributed by atoms with E-state index in [9.17, 15) is 46.8 Å². The summed E-state index contributed by atoms with van der Waals surface area (Å²) in [5.74, 6) is -2.58. The van der Waals surface area contributed by atoms with Gasteiger partial charge in [-0.3, -0.25) is 38.3 Å². The van der Waals surface area contributed by atoms with Gasteiger partial charge in [-0.2, -0.15) is 11.8 Å². The molecule has 1 aromatic heterocycles. The number of likely N-dealkylation sites (tertiary alicyclic amines) is 1. The van der Waals surface area contributed by atoms with E-state index in [2.05, 4.69) is 44.1 Å². The third-order valence-corrected chi connectivity index (χ3v) is 19.1. The maximum atomic E-state index is 14.8. The van der Waals surface area contributed by atoms with Gasteiger partial charge >= 0.3 is 6.03 Å². The van der Waals surface area contributed by atoms with Crippen molar-refractivity contribution in [3.8, 4) is 11.6 Å². The van der Waals surface area contributed by atoms with Crippen LogP contribution in [0.1, 0.15) is 109 Å². The molecule has 8 atom stereocenters. The molecule has 0 bridgehead atoms. The van der Waals surface area contributed by atoms with Crippen LogP contribution < -0.4 is 35.5 Å². The highest BCUT2D eigenvalue weighted by atomic mass is 32.2. The highest BCUT2D eigenvalue weighted by Crippen LogP contribution is 2.57. The van der Waals surface area contributed by atoms with E-state index in [0.717, 1.165) is 36.5 Å². The Kier molecular flexibility index (Phi) is 24.1. The summed E-state index contributed by atoms with van der Waals surface area (Å²) in [5, 5.41) is 12.7. The number of allylic oxidation sites excluding steroid dienone is 1. The summed E-state index contributed by atoms with van der Waals surface area (Å²) < 4.78 is 56.6. The number of ether oxygens (including phenoxy) is 5. The number of Topliss-reactive ketones (excluding diaryl/α,β-unsaturated/α-hetero) is 3. The largest absolute Gasteiger partial charge is 0.497 e. The van der Waals surface area contributed by atoms with Crippen molar-refractivity contribution in [2.75, 3.05) is 72.1 Å². The molecule has 0 radical (unpaired) electrons. The molecule has 82 heavy (non-hydrogen) atoms. The van der Waals surface area contributed by atoms with Gasteiger partial charge in [0, 0.05) is 93.8 Å². The third kappa shape index (κ3) is 18.5. The summed E-state index contributed by atoms with van der Waals surface area (Å²) in [6.45, 7) is 10.1. The van der Waals surface area contributed by atoms with Crippen LogP contribution in [0, 0.1) is 17.3 Å². The molecule has 1 aromatic carbocycles. The Morgan fingerprint density at radius 1 is 0.878 bits per heavy atom. The van der Waals surface area contributed by atoms with Gasteiger partial charge in [0.25, 0.3) is 0 Å². The second kappa shape index (κ2) is 31.1. The topological polar surface area (TPSA) is 293 Å². The molecular formula is C58H81N7O15S2. The van der Waals surface area contributed by atoms with Crippen LogP contribution in [0.15, 0.2) is 55.8 Å². The first-order valence-electron chi connectivity index (χ1n) is 28.8. The average molecular weight is 1180 g/mol. The number of carbonyl (C=O) groups excluding carboxylic acids is 8. The molecule has 2 aliphatic carbocycles. The standard InChI is InChI=1S/C58H81N7O15S2/c1-4-40-33-58(40,56(72)64-82(74,75)45-18-19-45)34-49(68)48-32-44(80-54-46-20-17-43(76-3)31-38(46)21-23-60-54)36-65(48)55(71)39(35-61-51(69)5-2)30-42(67)14-10-13-41(66)12-8-9-24-77-26-28-79-29-27-78-25-11-22-59-52(70)16-7-6-15-50-53-47(37-81-50)62-57(73)63-53/h4-5,17,20-21,23,31,39-40,44-45,47-48,50,53H,1-2,6-16,18-19,22,24-30,32-37H2,3H3,(H,59,70)(H,61,69)(H,64,72)(H2,62,63,73)/t39-,40-,44+,47-,48-,50-,53-,58+/m0/s1. The van der Waals surface area contributed by atoms with Crippen LogP contribution in [-0.4, -0.2) is 172 Å². The van der Waals surface area contributed by atoms with E-state index in [1.165, 1.54) is 11.0 Å². The smallest absolute Gasteiger partial charge is 0.315 e. The van der Waals surface area contributed by atoms with E-state index in [4.69, 9.17) is 23.7 Å². The fourth-order valence-corrected chi connectivity index (χ4v) is 13.8. The molecule has 5 N–H and O–H groups in total. The van der Waals surface area contributed by atoms with Crippen LogP contribution in [0.25, 0.3) is 10.8 Å². The molecule has 3 saturated heterocycles. The number of methoxy groups -OCH3 is 1. The Labute approximate surface area is 484 Å². The Hall–Kier alpha value is -5.95. The zero-order valence-corrected chi connectivity index (χ0v) is 48.6. The second-order valence-corrected chi connectivity index (χ2v) is 25.1. The van der Waals surface area contributed by atoms with Crippen molar-refractivity contribution in [2.45, 2.75) is 144 Å². The van der Waals surface area contributed by atoms with Crippen LogP contribution in [0.4, 0.5) is 4.79 Å². The zero-order chi connectivity index (χ0) is 58.7. The number of nitrogens with one attached hydrogen (secondary N) is 5. The normalized spacial score (nSPS) is 23.0. The number of rotatable bonds is 40. The van der Waals surface area contributed by atoms with Crippen LogP contribution >= 0.6 is 11.8 Å². The summed E-state index contributed by atoms with van der Waals surface area (Å²) >= 11 is 1.88. The Morgan fingerprint density at radius 3 is 2.32 bits per heavy atom. The van der Waals surface area contributed by atoms with Crippen molar-refractivity contribution in [3.05, 3.63) is 55.8 Å². The van der Waals surface area contributed by atoms with Gasteiger partial charge in [-0.1, -0.05) is 19.1 Å². The maximum Gasteiger partial charge on any atom is 0.315 e. The number of amides is 6. The van der Waals surface area contributed by atoms with Crippen LogP contribution in [0.5, 0.6) is 11.6 Å². The number of unbranched alkanes of at least 4 members (excludes halogenated alkanes) is 2. The fraction of sp³-hybridized carbons (Fsp3) is 0.638. The van der Waals surface area contributed by atoms with E-state index in [0.29, 0.717) is 108 Å². The molecule has 0 spiro atoms. The van der Waals surface area contributed by atoms with Gasteiger partial charge < -0.3 is 49.9 Å². The lowest BCUT2D eigenvalue weighted by Crippen LogP contribution is -2.48. The molecule has 22 nitrogen and oxygen atoms in total. The molecule has 2 saturated carbocycles. The highest BCUT2D eigenvalue weighted by Gasteiger charge is 2.61. The van der Waals surface area contributed by atoms with E-state index in [1.54, 1.807) is 31.5 Å². The Morgan fingerprint density at radius 2 is 1.60 bits per heavy atom. The minimum atomic E-state index is -3.93. The summed E-state index contributed by atoms with van der Waals surface area (Å²) in [4.78, 5) is 111. The quantitative estimate of drug-likeness (QED) is 0.0267. The third-order valence-electron chi connectivity index (χ3n) is 15.7. The number of carbonyl (C=O) groups is 8. The second-order valence-electron chi connectivity index (χ2n) is 21.9. The number of aromatic nitrogens is 1. The van der Waals surface area contributed by atoms with E-state index in [-0.39, 0.29) is 99.5 Å². The van der Waals surface area contributed by atoms with Gasteiger partial charge in [0.1, 0.15) is 23.4 Å². The van der Waals surface area contributed by atoms with Crippen molar-refractivity contribution in [1.29, 1.82) is 0 Å². The summed E-state index contributed by atoms with van der Waals surface area (Å²) in [7, 11) is -2.38. The monoisotopic (exact) mass is 1180 g/mol. The number of sulfonamides is 1. The lowest BCUT2D eigenvalue weighted by molar-refractivity contribution is -0.143. The fourth-order valence-electron chi connectivity index (χ4n) is 10.8. The minimum Gasteiger partial charge on any atom is -0.497 e. The molecular weight excluding hydrogens is 1100 g/mol. The first-order valence-corrected chi connectivity index (χ1v) is 31.4. The number of benzene rings is 1. The number of fused-ring (bicyclic) bond motifs is 2. The molecule has 5 aliphatic rings. The molecule has 3 aliphatic heterocycles. The molecule has 7 rings (SSSR count). The van der Waals surface area contributed by atoms with Crippen molar-refractivity contribution < 1.29 is 70.5 Å². The predicted octanol–water partition coefficient (Wildman–Crippen LogP) is 4.42. The van der Waals surface area contributed by atoms with Crippen LogP contribution in [0.3, 0.4) is 0 Å². The SMILES string of the molecule is C=CC(=O)NC[C@H](CC(=O)CCCC(=O)CCCCOCCOCCOCCCNC(=O)CCCC[C@@H]1SC[C@@H]2NC(=O)N[C@@H]21)C(=O)N1C[C@H](Oc2nccc3cc(OC)ccc23)C[C@H]1C(=O)C[C@]1(C(=O)NS(=O)(=O)C2CC2)C[C@@H]1C=C. The van der Waals surface area contributed by atoms with E-state index < -0.39 is 68.2 Å². The minimum absolute atomic E-state index is 0.00195. The van der Waals surface area contributed by atoms with Gasteiger partial charge in [0.15, 0.2) is 5.78 Å². The lowest BCUT2D eigenvalue weighted by atomic mass is 9.91. The Balaban J connectivity index is 0.791. The first kappa shape index (κ1) is 63.6. The maximum absolute atomic E-state index is 14.8. The highest BCUT2D eigenvalue weighted by molar-refractivity contribution is 8.00. The molecule has 0 unspecified atom stereocenters. The van der Waals surface area contributed by atoms with Gasteiger partial charge in [-0.25, -0.2) is 18.2 Å². The number of hydrogen-bond donors (Lipinski definition) is 5. The van der Waals surface area contributed by atoms with E-state index in [1.807, 2.05) is 17.8 Å². The van der Waals surface area contributed by atoms with Crippen LogP contribution in [-0.2, 0) is 57.8 Å². The molecule has 4 heterocycles. The van der Waals surface area contributed by atoms with Gasteiger partial charge in [-0.15, -0.1) is 6.58 Å². The summed E-state index contributed by atoms with van der Waals surface area (Å²) in [5.41, 5.74) is -1.39. The number of hydrogen-bond acceptors (Lipinski definition) is 17. The Bertz CT molecular complexity index is 2730. The van der Waals surface area contributed by atoms with Crippen molar-refractivity contribution >= 4 is 79.6 Å². The molecule has 5 fully saturated rings. The van der Waals surface area contributed by atoms with Gasteiger partial charge in [-0.05, 0) is 99.4 Å². The number of pyridine rings is 1. The van der Waals surface area contributed by atoms with Crippen molar-refractivity contribution in [2.24, 2.45) is 17.3 Å². The van der Waals surface area contributed by atoms with Crippen LogP contribution in [0.2, 0.25) is 0 Å². The summed E-state index contributed by atoms with van der Waals surface area (Å²) in [6, 6.07) is 6.30. The average Bonchev–Trinajstić information content (AvgIpc) is 4.53. The summed E-state index contributed by atoms with van der Waals surface area (Å²) in [6.07, 6.45) is 9.63. The van der Waals surface area contributed by atoms with Gasteiger partial charge in [0.05, 0.1) is 74.8 Å². The number of thioether (sulfide) groups is 1. The van der Waals surface area contributed by atoms with Crippen molar-refractivity contribution in [3.63, 3.8) is 0 Å². The first-order chi connectivity index (χ1) is 39.5. The molecule has 24 heteroatoms. The molecule has 6 amide bonds. The predicted molar refractivity (Wildman–Crippen MR) is 306 cm³/mol. The molecule has 450 valence electrons. The van der Waals surface area contributed by atoms with E-state index >= 15 is 0 Å². The number of ketones is 3.